The Labute approximate surface area is 259 Å². The zero-order chi connectivity index (χ0) is 32.5. The number of aliphatic hydroxyl groups is 3. The van der Waals surface area contributed by atoms with Crippen LogP contribution in [0, 0.1) is 0 Å². The zero-order valence-corrected chi connectivity index (χ0v) is 24.1. The number of hydroxylamine groups is 1. The van der Waals surface area contributed by atoms with Gasteiger partial charge in [0.2, 0.25) is 5.96 Å². The van der Waals surface area contributed by atoms with Gasteiger partial charge in [-0.1, -0.05) is 0 Å². The number of carboxylic acids is 1. The van der Waals surface area contributed by atoms with E-state index in [1.807, 2.05) is 6.07 Å². The largest absolute Gasteiger partial charge is 0.492 e. The van der Waals surface area contributed by atoms with Gasteiger partial charge >= 0.3 is 11.9 Å². The molecule has 7 N–H and O–H groups in total. The first-order valence-corrected chi connectivity index (χ1v) is 14.1. The Morgan fingerprint density at radius 1 is 1.04 bits per heavy atom. The van der Waals surface area contributed by atoms with Crippen molar-refractivity contribution in [2.45, 2.75) is 55.4 Å². The molecular formula is C28H31N3O15. The second-order valence-electron chi connectivity index (χ2n) is 10.6. The molecule has 4 aliphatic rings. The number of nitrogens with one attached hydrogen (secondary N) is 1. The third kappa shape index (κ3) is 6.26. The summed E-state index contributed by atoms with van der Waals surface area (Å²) in [5.74, 6) is -0.587. The average molecular weight is 650 g/mol. The van der Waals surface area contributed by atoms with Gasteiger partial charge in [0.1, 0.15) is 55.5 Å². The molecule has 1 fully saturated rings. The van der Waals surface area contributed by atoms with Crippen molar-refractivity contribution in [3.63, 3.8) is 0 Å². The van der Waals surface area contributed by atoms with Gasteiger partial charge in [-0.25, -0.2) is 5.48 Å². The molecular weight excluding hydrogens is 618 g/mol. The lowest BCUT2D eigenvalue weighted by Gasteiger charge is -2.40. The summed E-state index contributed by atoms with van der Waals surface area (Å²) in [6.45, 7) is -0.573. The quantitative estimate of drug-likeness (QED) is 0.0451. The number of carbonyl (C=O) groups is 2. The van der Waals surface area contributed by atoms with Crippen molar-refractivity contribution in [1.29, 1.82) is 0 Å². The van der Waals surface area contributed by atoms with Crippen LogP contribution in [0.25, 0.3) is 0 Å². The third-order valence-electron chi connectivity index (χ3n) is 7.60. The highest BCUT2D eigenvalue weighted by molar-refractivity contribution is 5.90. The summed E-state index contributed by atoms with van der Waals surface area (Å²) in [5.41, 5.74) is 9.43. The topological polar surface area (TPSA) is 249 Å². The number of hydrogen-bond donors (Lipinski definition) is 6. The van der Waals surface area contributed by atoms with E-state index in [0.717, 1.165) is 5.56 Å². The van der Waals surface area contributed by atoms with E-state index in [-0.39, 0.29) is 24.2 Å². The summed E-state index contributed by atoms with van der Waals surface area (Å²) in [7, 11) is 1.38. The van der Waals surface area contributed by atoms with Crippen molar-refractivity contribution < 1.29 is 73.0 Å². The van der Waals surface area contributed by atoms with E-state index >= 15 is 0 Å². The van der Waals surface area contributed by atoms with Crippen LogP contribution in [0.4, 0.5) is 0 Å². The number of rotatable bonds is 10. The van der Waals surface area contributed by atoms with E-state index < -0.39 is 68.1 Å². The van der Waals surface area contributed by atoms with Gasteiger partial charge in [-0.2, -0.15) is 4.89 Å². The minimum absolute atomic E-state index is 0.171. The third-order valence-corrected chi connectivity index (χ3v) is 7.60. The Balaban J connectivity index is 1.15. The van der Waals surface area contributed by atoms with E-state index in [1.54, 1.807) is 24.3 Å². The van der Waals surface area contributed by atoms with Gasteiger partial charge in [-0.05, 0) is 24.3 Å². The Kier molecular flexibility index (Phi) is 8.89. The SMILES string of the molecule is CN=C(N)NO[C@@H]1[C@H](O)[C@@H](COC(=O)CC(=O)O)O[C@@H](O)[C@@H]1OOc1ccc2c(c1)[C@@H]1Oc3cc4c(cc3[C@H]1CO2)O[C@@H](CO)O4. The van der Waals surface area contributed by atoms with Gasteiger partial charge in [0.25, 0.3) is 6.29 Å². The normalized spacial score (nSPS) is 29.0. The highest BCUT2D eigenvalue weighted by Crippen LogP contribution is 2.55. The van der Waals surface area contributed by atoms with E-state index in [0.29, 0.717) is 35.2 Å². The Bertz CT molecular complexity index is 1500. The molecule has 4 aliphatic heterocycles. The van der Waals surface area contributed by atoms with E-state index in [9.17, 15) is 24.9 Å². The molecule has 4 heterocycles. The van der Waals surface area contributed by atoms with Crippen molar-refractivity contribution in [1.82, 2.24) is 5.48 Å². The van der Waals surface area contributed by atoms with Crippen LogP contribution in [-0.2, 0) is 28.8 Å². The molecule has 2 aromatic carbocycles. The lowest BCUT2D eigenvalue weighted by atomic mass is 9.89. The minimum Gasteiger partial charge on any atom is -0.492 e. The highest BCUT2D eigenvalue weighted by Gasteiger charge is 2.49. The number of guanidine groups is 1. The predicted octanol–water partition coefficient (Wildman–Crippen LogP) is -1.00. The fraction of sp³-hybridized carbons (Fsp3) is 0.464. The van der Waals surface area contributed by atoms with Crippen LogP contribution in [0.5, 0.6) is 28.7 Å². The first-order valence-electron chi connectivity index (χ1n) is 14.1. The number of hydrogen-bond acceptors (Lipinski definition) is 15. The second-order valence-corrected chi connectivity index (χ2v) is 10.6. The molecule has 8 atom stereocenters. The Morgan fingerprint density at radius 3 is 2.57 bits per heavy atom. The number of esters is 1. The molecule has 0 unspecified atom stereocenters. The summed E-state index contributed by atoms with van der Waals surface area (Å²) in [4.78, 5) is 42.6. The van der Waals surface area contributed by atoms with Gasteiger partial charge in [0.05, 0.1) is 12.5 Å². The standard InChI is InChI=1S/C28H31N3O15/c1-30-28(29)31-44-25-23(36)19(10-39-21(35)7-20(33)34)43-27(37)26(25)46-45-11-2-3-15-13(4-11)24-14(9-38-15)12-5-17-18(6-16(12)42-24)41-22(8-32)40-17/h2-6,14,19,22-27,32,36-37H,7-10H2,1H3,(H,33,34)(H3,29,30,31)/t14-,19-,22-,23-,24+,25-,26-,27-/m1/s1. The van der Waals surface area contributed by atoms with Crippen molar-refractivity contribution >= 4 is 17.9 Å². The maximum Gasteiger partial charge on any atom is 0.317 e. The number of carbonyl (C=O) groups excluding carboxylic acids is 1. The maximum absolute atomic E-state index is 11.7. The molecule has 0 aliphatic carbocycles. The number of aliphatic imine (C=N–C) groups is 1. The van der Waals surface area contributed by atoms with Crippen LogP contribution < -0.4 is 35.0 Å². The lowest BCUT2D eigenvalue weighted by molar-refractivity contribution is -0.372. The maximum atomic E-state index is 11.7. The Morgan fingerprint density at radius 2 is 1.83 bits per heavy atom. The average Bonchev–Trinajstić information content (AvgIpc) is 3.62. The van der Waals surface area contributed by atoms with E-state index in [4.69, 9.17) is 53.9 Å². The summed E-state index contributed by atoms with van der Waals surface area (Å²) in [6.07, 6.45) is -9.79. The van der Waals surface area contributed by atoms with Crippen molar-refractivity contribution in [3.8, 4) is 28.7 Å². The van der Waals surface area contributed by atoms with Crippen LogP contribution in [0.3, 0.4) is 0 Å². The van der Waals surface area contributed by atoms with Gasteiger partial charge < -0.3 is 59.5 Å². The molecule has 6 rings (SSSR count). The van der Waals surface area contributed by atoms with Crippen LogP contribution in [0.1, 0.15) is 29.6 Å². The minimum atomic E-state index is -1.78. The molecule has 0 radical (unpaired) electrons. The molecule has 0 bridgehead atoms. The molecule has 0 amide bonds. The van der Waals surface area contributed by atoms with E-state index in [2.05, 4.69) is 10.5 Å². The zero-order valence-electron chi connectivity index (χ0n) is 24.1. The molecule has 18 nitrogen and oxygen atoms in total. The van der Waals surface area contributed by atoms with Crippen molar-refractivity contribution in [3.05, 3.63) is 41.5 Å². The number of benzene rings is 2. The predicted molar refractivity (Wildman–Crippen MR) is 148 cm³/mol. The van der Waals surface area contributed by atoms with Crippen molar-refractivity contribution in [2.75, 3.05) is 26.9 Å². The molecule has 0 spiro atoms. The highest BCUT2D eigenvalue weighted by atomic mass is 17.2. The fourth-order valence-corrected chi connectivity index (χ4v) is 5.38. The van der Waals surface area contributed by atoms with Gasteiger partial charge in [0, 0.05) is 24.2 Å². The van der Waals surface area contributed by atoms with E-state index in [1.165, 1.54) is 7.05 Å². The number of nitrogens with zero attached hydrogens (tertiary/aromatic N) is 1. The van der Waals surface area contributed by atoms with Crippen LogP contribution in [-0.4, -0.2) is 102 Å². The summed E-state index contributed by atoms with van der Waals surface area (Å²) in [6, 6.07) is 8.37. The number of aliphatic hydroxyl groups excluding tert-OH is 3. The lowest BCUT2D eigenvalue weighted by Crippen LogP contribution is -2.62. The number of ether oxygens (including phenoxy) is 6. The first kappa shape index (κ1) is 31.4. The molecule has 248 valence electrons. The smallest absolute Gasteiger partial charge is 0.317 e. The second kappa shape index (κ2) is 13.0. The van der Waals surface area contributed by atoms with Gasteiger partial charge in [-0.15, -0.1) is 0 Å². The van der Waals surface area contributed by atoms with Gasteiger partial charge in [0.15, 0.2) is 29.6 Å². The van der Waals surface area contributed by atoms with Crippen LogP contribution in [0.15, 0.2) is 35.3 Å². The fourth-order valence-electron chi connectivity index (χ4n) is 5.38. The van der Waals surface area contributed by atoms with Crippen molar-refractivity contribution in [2.24, 2.45) is 10.7 Å². The molecule has 46 heavy (non-hydrogen) atoms. The molecule has 2 aromatic rings. The van der Waals surface area contributed by atoms with Crippen LogP contribution in [0.2, 0.25) is 0 Å². The monoisotopic (exact) mass is 649 g/mol. The number of fused-ring (bicyclic) bond motifs is 6. The number of nitrogens with two attached hydrogens (primary N) is 1. The Hall–Kier alpha value is -4.59. The molecule has 0 aromatic heterocycles. The number of carboxylic acid groups (broad SMARTS) is 1. The summed E-state index contributed by atoms with van der Waals surface area (Å²) < 4.78 is 33.7. The van der Waals surface area contributed by atoms with Gasteiger partial charge in [-0.3, -0.25) is 19.4 Å². The summed E-state index contributed by atoms with van der Waals surface area (Å²) in [5, 5.41) is 39.8. The molecule has 18 heteroatoms. The first-order chi connectivity index (χ1) is 22.1. The van der Waals surface area contributed by atoms with Crippen LogP contribution >= 0.6 is 0 Å². The molecule has 0 saturated carbocycles. The molecule has 1 saturated heterocycles. The summed E-state index contributed by atoms with van der Waals surface area (Å²) >= 11 is 0. The number of aliphatic carboxylic acids is 1.